The van der Waals surface area contributed by atoms with Crippen LogP contribution in [-0.2, 0) is 10.0 Å². The minimum Gasteiger partial charge on any atom is -0.508 e. The molecule has 2 N–H and O–H groups in total. The first-order valence-electron chi connectivity index (χ1n) is 8.86. The fraction of sp³-hybridized carbons (Fsp3) is 0. The first kappa shape index (κ1) is 19.9. The molecule has 0 fully saturated rings. The Morgan fingerprint density at radius 2 is 1.50 bits per heavy atom. The lowest BCUT2D eigenvalue weighted by Gasteiger charge is -2.18. The second kappa shape index (κ2) is 7.78. The number of nitrogens with one attached hydrogen (secondary N) is 1. The van der Waals surface area contributed by atoms with Gasteiger partial charge in [0.15, 0.2) is 0 Å². The smallest absolute Gasteiger partial charge is 0.282 e. The van der Waals surface area contributed by atoms with Gasteiger partial charge in [0, 0.05) is 21.8 Å². The molecule has 0 unspecified atom stereocenters. The van der Waals surface area contributed by atoms with Crippen LogP contribution < -0.4 is 5.32 Å². The van der Waals surface area contributed by atoms with E-state index >= 15 is 0 Å². The van der Waals surface area contributed by atoms with Crippen LogP contribution in [0.1, 0.15) is 15.9 Å². The summed E-state index contributed by atoms with van der Waals surface area (Å²) in [5.41, 5.74) is 1.64. The fourth-order valence-corrected chi connectivity index (χ4v) is 4.11. The molecule has 30 heavy (non-hydrogen) atoms. The monoisotopic (exact) mass is 438 g/mol. The number of aromatic hydroxyl groups is 1. The third-order valence-corrected chi connectivity index (χ3v) is 6.01. The van der Waals surface area contributed by atoms with Gasteiger partial charge in [0.2, 0.25) is 5.78 Å². The quantitative estimate of drug-likeness (QED) is 0.588. The van der Waals surface area contributed by atoms with Gasteiger partial charge in [0.1, 0.15) is 5.75 Å². The zero-order valence-corrected chi connectivity index (χ0v) is 17.0. The van der Waals surface area contributed by atoms with Crippen LogP contribution >= 0.6 is 11.6 Å². The Labute approximate surface area is 178 Å². The van der Waals surface area contributed by atoms with Crippen LogP contribution in [0.4, 0.5) is 5.69 Å². The highest BCUT2D eigenvalue weighted by atomic mass is 35.5. The maximum atomic E-state index is 12.9. The van der Waals surface area contributed by atoms with Gasteiger partial charge in [-0.1, -0.05) is 35.9 Å². The Morgan fingerprint density at radius 3 is 2.17 bits per heavy atom. The molecule has 0 amide bonds. The minimum absolute atomic E-state index is 0.00442. The van der Waals surface area contributed by atoms with Crippen molar-refractivity contribution in [2.45, 2.75) is 4.90 Å². The number of nitrogens with zero attached hydrogens (tertiary/aromatic N) is 1. The molecule has 0 radical (unpaired) electrons. The van der Waals surface area contributed by atoms with Gasteiger partial charge in [-0.3, -0.25) is 4.79 Å². The van der Waals surface area contributed by atoms with Crippen molar-refractivity contribution in [3.8, 4) is 5.75 Å². The second-order valence-electron chi connectivity index (χ2n) is 6.51. The number of rotatable bonds is 4. The number of allylic oxidation sites excluding steroid dienone is 2. The van der Waals surface area contributed by atoms with E-state index in [9.17, 15) is 18.3 Å². The van der Waals surface area contributed by atoms with E-state index in [0.717, 1.165) is 0 Å². The summed E-state index contributed by atoms with van der Waals surface area (Å²) in [4.78, 5) is 12.9. The number of carbonyl (C=O) groups is 1. The number of Topliss-reactive ketones (excluding diaryl/α,β-unsaturated/α-hetero) is 1. The van der Waals surface area contributed by atoms with Gasteiger partial charge >= 0.3 is 0 Å². The second-order valence-corrected chi connectivity index (χ2v) is 8.55. The molecule has 0 spiro atoms. The molecule has 0 saturated heterocycles. The Hall–Kier alpha value is -3.42. The van der Waals surface area contributed by atoms with Crippen LogP contribution in [0.3, 0.4) is 0 Å². The number of phenolic OH excluding ortho intramolecular Hbond substituents is 1. The number of hydrogen-bond donors (Lipinski definition) is 2. The standard InChI is InChI=1S/C22H15ClN2O4S/c23-14-5-11-17(12-6-14)30(28,29)25-20-13-21(24-15-7-9-16(26)10-8-15)22(27)19-4-2-1-3-18(19)20/h1-13,24,26H/b25-20-. The molecular weight excluding hydrogens is 424 g/mol. The molecule has 8 heteroatoms. The summed E-state index contributed by atoms with van der Waals surface area (Å²) in [7, 11) is -4.03. The summed E-state index contributed by atoms with van der Waals surface area (Å²) < 4.78 is 29.6. The summed E-state index contributed by atoms with van der Waals surface area (Å²) in [6.07, 6.45) is 1.41. The van der Waals surface area contributed by atoms with Crippen LogP contribution in [0.15, 0.2) is 93.9 Å². The SMILES string of the molecule is O=C1C(Nc2ccc(O)cc2)=C/C(=N/S(=O)(=O)c2ccc(Cl)cc2)c2ccccc21. The number of phenols is 1. The zero-order chi connectivity index (χ0) is 21.3. The Bertz CT molecular complexity index is 1300. The van der Waals surface area contributed by atoms with E-state index in [1.54, 1.807) is 36.4 Å². The molecule has 1 aliphatic carbocycles. The first-order chi connectivity index (χ1) is 14.3. The summed E-state index contributed by atoms with van der Waals surface area (Å²) in [5, 5.41) is 12.8. The van der Waals surface area contributed by atoms with Crippen LogP contribution in [0.2, 0.25) is 5.02 Å². The van der Waals surface area contributed by atoms with Crippen LogP contribution in [0.25, 0.3) is 0 Å². The molecule has 3 aromatic carbocycles. The van der Waals surface area contributed by atoms with Crippen molar-refractivity contribution in [1.29, 1.82) is 0 Å². The molecule has 0 heterocycles. The molecule has 6 nitrogen and oxygen atoms in total. The van der Waals surface area contributed by atoms with Gasteiger partial charge < -0.3 is 10.4 Å². The topological polar surface area (TPSA) is 95.8 Å². The molecule has 0 atom stereocenters. The molecule has 0 aromatic heterocycles. The van der Waals surface area contributed by atoms with Crippen molar-refractivity contribution in [3.63, 3.8) is 0 Å². The van der Waals surface area contributed by atoms with Crippen molar-refractivity contribution in [2.75, 3.05) is 5.32 Å². The largest absolute Gasteiger partial charge is 0.508 e. The molecule has 0 saturated carbocycles. The number of fused-ring (bicyclic) bond motifs is 1. The third kappa shape index (κ3) is 3.98. The lowest BCUT2D eigenvalue weighted by molar-refractivity contribution is 0.103. The normalized spacial score (nSPS) is 14.9. The van der Waals surface area contributed by atoms with Crippen LogP contribution in [-0.4, -0.2) is 25.0 Å². The Morgan fingerprint density at radius 1 is 0.867 bits per heavy atom. The van der Waals surface area contributed by atoms with E-state index in [2.05, 4.69) is 9.71 Å². The van der Waals surface area contributed by atoms with E-state index in [1.165, 1.54) is 42.5 Å². The zero-order valence-electron chi connectivity index (χ0n) is 15.4. The number of benzene rings is 3. The van der Waals surface area contributed by atoms with Crippen molar-refractivity contribution in [3.05, 3.63) is 101 Å². The summed E-state index contributed by atoms with van der Waals surface area (Å²) >= 11 is 5.84. The van der Waals surface area contributed by atoms with Crippen LogP contribution in [0.5, 0.6) is 5.75 Å². The van der Waals surface area contributed by atoms with Crippen LogP contribution in [0, 0.1) is 0 Å². The van der Waals surface area contributed by atoms with Crippen molar-refractivity contribution < 1.29 is 18.3 Å². The van der Waals surface area contributed by atoms with Crippen molar-refractivity contribution in [2.24, 2.45) is 4.40 Å². The molecule has 1 aliphatic rings. The third-order valence-electron chi connectivity index (χ3n) is 4.45. The predicted octanol–water partition coefficient (Wildman–Crippen LogP) is 4.42. The number of sulfonamides is 1. The van der Waals surface area contributed by atoms with Gasteiger partial charge in [-0.05, 0) is 54.6 Å². The maximum absolute atomic E-state index is 12.9. The fourth-order valence-electron chi connectivity index (χ4n) is 2.99. The first-order valence-corrected chi connectivity index (χ1v) is 10.7. The number of halogens is 1. The number of hydrogen-bond acceptors (Lipinski definition) is 5. The molecule has 150 valence electrons. The lowest BCUT2D eigenvalue weighted by atomic mass is 9.92. The Balaban J connectivity index is 1.80. The van der Waals surface area contributed by atoms with Crippen molar-refractivity contribution in [1.82, 2.24) is 0 Å². The average molecular weight is 439 g/mol. The molecule has 0 bridgehead atoms. The minimum atomic E-state index is -4.03. The summed E-state index contributed by atoms with van der Waals surface area (Å²) in [5.74, 6) is -0.201. The number of carbonyl (C=O) groups excluding carboxylic acids is 1. The summed E-state index contributed by atoms with van der Waals surface area (Å²) in [6.45, 7) is 0. The van der Waals surface area contributed by atoms with E-state index in [4.69, 9.17) is 11.6 Å². The van der Waals surface area contributed by atoms with Gasteiger partial charge in [-0.25, -0.2) is 0 Å². The lowest BCUT2D eigenvalue weighted by Crippen LogP contribution is -2.22. The van der Waals surface area contributed by atoms with Gasteiger partial charge in [-0.15, -0.1) is 0 Å². The molecule has 4 rings (SSSR count). The number of ketones is 1. The highest BCUT2D eigenvalue weighted by Crippen LogP contribution is 2.26. The number of anilines is 1. The molecular formula is C22H15ClN2O4S. The average Bonchev–Trinajstić information content (AvgIpc) is 2.73. The van der Waals surface area contributed by atoms with E-state index in [0.29, 0.717) is 21.8 Å². The van der Waals surface area contributed by atoms with Crippen molar-refractivity contribution >= 4 is 38.8 Å². The highest BCUT2D eigenvalue weighted by molar-refractivity contribution is 7.90. The summed E-state index contributed by atoms with van der Waals surface area (Å²) in [6, 6.07) is 18.5. The maximum Gasteiger partial charge on any atom is 0.282 e. The van der Waals surface area contributed by atoms with E-state index in [-0.39, 0.29) is 27.8 Å². The van der Waals surface area contributed by atoms with Gasteiger partial charge in [0.05, 0.1) is 16.3 Å². The molecule has 3 aromatic rings. The van der Waals surface area contributed by atoms with E-state index in [1.807, 2.05) is 0 Å². The molecule has 0 aliphatic heterocycles. The van der Waals surface area contributed by atoms with Gasteiger partial charge in [0.25, 0.3) is 10.0 Å². The predicted molar refractivity (Wildman–Crippen MR) is 116 cm³/mol. The van der Waals surface area contributed by atoms with Gasteiger partial charge in [-0.2, -0.15) is 12.8 Å². The Kier molecular flexibility index (Phi) is 5.15. The highest BCUT2D eigenvalue weighted by Gasteiger charge is 2.26. The van der Waals surface area contributed by atoms with E-state index < -0.39 is 10.0 Å².